The van der Waals surface area contributed by atoms with Gasteiger partial charge in [0, 0.05) is 11.8 Å². The fourth-order valence-corrected chi connectivity index (χ4v) is 1.84. The molecular formula is C13H19NOS. The lowest BCUT2D eigenvalue weighted by molar-refractivity contribution is -0.124. The smallest absolute Gasteiger partial charge is 0.224 e. The van der Waals surface area contributed by atoms with Crippen LogP contribution in [0.1, 0.15) is 19.4 Å². The molecule has 1 rings (SSSR count). The predicted molar refractivity (Wildman–Crippen MR) is 70.8 cm³/mol. The summed E-state index contributed by atoms with van der Waals surface area (Å²) in [5.41, 5.74) is 1.18. The quantitative estimate of drug-likeness (QED) is 0.756. The van der Waals surface area contributed by atoms with Crippen molar-refractivity contribution in [3.63, 3.8) is 0 Å². The molecule has 1 amide bonds. The first-order valence-electron chi connectivity index (χ1n) is 5.58. The average Bonchev–Trinajstić information content (AvgIpc) is 2.26. The summed E-state index contributed by atoms with van der Waals surface area (Å²) in [6.45, 7) is 3.94. The second-order valence-electron chi connectivity index (χ2n) is 4.23. The van der Waals surface area contributed by atoms with E-state index in [1.807, 2.05) is 44.2 Å². The minimum absolute atomic E-state index is 0.0480. The van der Waals surface area contributed by atoms with Crippen molar-refractivity contribution in [2.75, 3.05) is 5.75 Å². The molecule has 0 saturated carbocycles. The Hall–Kier alpha value is -0.960. The van der Waals surface area contributed by atoms with Crippen LogP contribution in [-0.4, -0.2) is 17.7 Å². The number of amides is 1. The summed E-state index contributed by atoms with van der Waals surface area (Å²) in [4.78, 5) is 11.8. The van der Waals surface area contributed by atoms with Crippen molar-refractivity contribution < 1.29 is 4.79 Å². The summed E-state index contributed by atoms with van der Waals surface area (Å²) >= 11 is 4.25. The van der Waals surface area contributed by atoms with Gasteiger partial charge in [-0.25, -0.2) is 0 Å². The second-order valence-corrected chi connectivity index (χ2v) is 4.60. The molecule has 0 aromatic heterocycles. The van der Waals surface area contributed by atoms with Gasteiger partial charge in [-0.15, -0.1) is 0 Å². The molecule has 1 aromatic carbocycles. The second kappa shape index (κ2) is 6.59. The molecule has 0 heterocycles. The third kappa shape index (κ3) is 4.27. The zero-order chi connectivity index (χ0) is 12.0. The van der Waals surface area contributed by atoms with E-state index in [4.69, 9.17) is 0 Å². The first-order valence-corrected chi connectivity index (χ1v) is 6.22. The van der Waals surface area contributed by atoms with Crippen LogP contribution in [0.15, 0.2) is 30.3 Å². The molecule has 0 saturated heterocycles. The Balaban J connectivity index is 2.58. The normalized spacial score (nSPS) is 12.5. The lowest BCUT2D eigenvalue weighted by atomic mass is 10.00. The van der Waals surface area contributed by atoms with E-state index in [1.54, 1.807) is 0 Å². The van der Waals surface area contributed by atoms with E-state index < -0.39 is 0 Å². The van der Waals surface area contributed by atoms with E-state index in [2.05, 4.69) is 17.9 Å². The molecular weight excluding hydrogens is 218 g/mol. The van der Waals surface area contributed by atoms with Crippen molar-refractivity contribution in [3.8, 4) is 0 Å². The Morgan fingerprint density at radius 3 is 2.44 bits per heavy atom. The van der Waals surface area contributed by atoms with Gasteiger partial charge in [0.2, 0.25) is 5.91 Å². The first-order chi connectivity index (χ1) is 7.63. The molecule has 2 nitrogen and oxygen atoms in total. The fourth-order valence-electron chi connectivity index (χ4n) is 1.54. The van der Waals surface area contributed by atoms with Crippen LogP contribution in [0.5, 0.6) is 0 Å². The minimum Gasteiger partial charge on any atom is -0.354 e. The number of thiol groups is 1. The molecule has 0 radical (unpaired) electrons. The summed E-state index contributed by atoms with van der Waals surface area (Å²) in [7, 11) is 0. The number of carbonyl (C=O) groups is 1. The van der Waals surface area contributed by atoms with Gasteiger partial charge in [-0.2, -0.15) is 12.6 Å². The molecule has 16 heavy (non-hydrogen) atoms. The topological polar surface area (TPSA) is 29.1 Å². The summed E-state index contributed by atoms with van der Waals surface area (Å²) in [6, 6.07) is 10.2. The van der Waals surface area contributed by atoms with Gasteiger partial charge in [0.05, 0.1) is 5.92 Å². The minimum atomic E-state index is -0.0480. The lowest BCUT2D eigenvalue weighted by Crippen LogP contribution is -2.37. The monoisotopic (exact) mass is 237 g/mol. The molecule has 1 unspecified atom stereocenters. The van der Waals surface area contributed by atoms with Gasteiger partial charge in [-0.1, -0.05) is 30.3 Å². The highest BCUT2D eigenvalue weighted by Gasteiger charge is 2.17. The van der Waals surface area contributed by atoms with Crippen molar-refractivity contribution in [1.29, 1.82) is 0 Å². The highest BCUT2D eigenvalue weighted by molar-refractivity contribution is 7.80. The van der Waals surface area contributed by atoms with Crippen LogP contribution in [-0.2, 0) is 11.2 Å². The number of benzene rings is 1. The first kappa shape index (κ1) is 13.1. The molecule has 3 heteroatoms. The Morgan fingerprint density at radius 1 is 1.31 bits per heavy atom. The van der Waals surface area contributed by atoms with Crippen LogP contribution in [0, 0.1) is 5.92 Å². The largest absolute Gasteiger partial charge is 0.354 e. The Kier molecular flexibility index (Phi) is 5.39. The third-order valence-electron chi connectivity index (χ3n) is 2.35. The number of nitrogens with one attached hydrogen (secondary N) is 1. The summed E-state index contributed by atoms with van der Waals surface area (Å²) in [6.07, 6.45) is 0.753. The number of hydrogen-bond donors (Lipinski definition) is 2. The molecule has 0 fully saturated rings. The summed E-state index contributed by atoms with van der Waals surface area (Å²) in [5, 5.41) is 2.93. The zero-order valence-corrected chi connectivity index (χ0v) is 10.7. The predicted octanol–water partition coefficient (Wildman–Crippen LogP) is 2.30. The van der Waals surface area contributed by atoms with Crippen molar-refractivity contribution in [2.24, 2.45) is 5.92 Å². The van der Waals surface area contributed by atoms with Crippen LogP contribution in [0.2, 0.25) is 0 Å². The molecule has 88 valence electrons. The van der Waals surface area contributed by atoms with E-state index >= 15 is 0 Å². The maximum atomic E-state index is 11.8. The number of carbonyl (C=O) groups excluding carboxylic acids is 1. The molecule has 1 atom stereocenters. The number of hydrogen-bond acceptors (Lipinski definition) is 2. The van der Waals surface area contributed by atoms with Crippen LogP contribution >= 0.6 is 12.6 Å². The van der Waals surface area contributed by atoms with E-state index in [9.17, 15) is 4.79 Å². The molecule has 0 spiro atoms. The van der Waals surface area contributed by atoms with Crippen molar-refractivity contribution >= 4 is 18.5 Å². The molecule has 1 N–H and O–H groups in total. The van der Waals surface area contributed by atoms with Gasteiger partial charge < -0.3 is 5.32 Å². The van der Waals surface area contributed by atoms with Crippen molar-refractivity contribution in [1.82, 2.24) is 5.32 Å². The lowest BCUT2D eigenvalue weighted by Gasteiger charge is -2.16. The summed E-state index contributed by atoms with van der Waals surface area (Å²) < 4.78 is 0. The molecule has 0 aliphatic heterocycles. The van der Waals surface area contributed by atoms with E-state index in [0.717, 1.165) is 6.42 Å². The summed E-state index contributed by atoms with van der Waals surface area (Å²) in [5.74, 6) is 0.620. The standard InChI is InChI=1S/C13H19NOS/c1-10(2)14-13(15)12(9-16)8-11-6-4-3-5-7-11/h3-7,10,12,16H,8-9H2,1-2H3,(H,14,15). The number of rotatable bonds is 5. The van der Waals surface area contributed by atoms with E-state index in [-0.39, 0.29) is 17.9 Å². The van der Waals surface area contributed by atoms with Crippen LogP contribution in [0.25, 0.3) is 0 Å². The zero-order valence-electron chi connectivity index (χ0n) is 9.81. The maximum absolute atomic E-state index is 11.8. The van der Waals surface area contributed by atoms with E-state index in [0.29, 0.717) is 5.75 Å². The SMILES string of the molecule is CC(C)NC(=O)C(CS)Cc1ccccc1. The van der Waals surface area contributed by atoms with Gasteiger partial charge in [-0.3, -0.25) is 4.79 Å². The van der Waals surface area contributed by atoms with Crippen molar-refractivity contribution in [3.05, 3.63) is 35.9 Å². The average molecular weight is 237 g/mol. The van der Waals surface area contributed by atoms with Gasteiger partial charge in [0.25, 0.3) is 0 Å². The van der Waals surface area contributed by atoms with Gasteiger partial charge in [-0.05, 0) is 25.8 Å². The van der Waals surface area contributed by atoms with Crippen LogP contribution in [0.3, 0.4) is 0 Å². The van der Waals surface area contributed by atoms with Gasteiger partial charge >= 0.3 is 0 Å². The van der Waals surface area contributed by atoms with Gasteiger partial charge in [0.15, 0.2) is 0 Å². The highest BCUT2D eigenvalue weighted by atomic mass is 32.1. The Bertz CT molecular complexity index is 324. The Morgan fingerprint density at radius 2 is 1.94 bits per heavy atom. The molecule has 1 aromatic rings. The van der Waals surface area contributed by atoms with Crippen molar-refractivity contribution in [2.45, 2.75) is 26.3 Å². The fraction of sp³-hybridized carbons (Fsp3) is 0.462. The molecule has 0 bridgehead atoms. The maximum Gasteiger partial charge on any atom is 0.224 e. The van der Waals surface area contributed by atoms with Gasteiger partial charge in [0.1, 0.15) is 0 Å². The third-order valence-corrected chi connectivity index (χ3v) is 2.79. The molecule has 0 aliphatic carbocycles. The van der Waals surface area contributed by atoms with Crippen LogP contribution in [0.4, 0.5) is 0 Å². The van der Waals surface area contributed by atoms with Crippen LogP contribution < -0.4 is 5.32 Å². The molecule has 0 aliphatic rings. The van der Waals surface area contributed by atoms with E-state index in [1.165, 1.54) is 5.56 Å². The Labute approximate surface area is 103 Å². The highest BCUT2D eigenvalue weighted by Crippen LogP contribution is 2.10.